The van der Waals surface area contributed by atoms with Crippen LogP contribution in [0.1, 0.15) is 62.8 Å². The topological polar surface area (TPSA) is 16.4 Å². The van der Waals surface area contributed by atoms with Gasteiger partial charge in [-0.15, -0.1) is 0 Å². The Morgan fingerprint density at radius 2 is 1.14 bits per heavy atom. The summed E-state index contributed by atoms with van der Waals surface area (Å²) in [5.74, 6) is 0. The number of furan rings is 1. The lowest BCUT2D eigenvalue weighted by molar-refractivity contribution is 0.651. The second-order valence-corrected chi connectivity index (χ2v) is 16.8. The van der Waals surface area contributed by atoms with Gasteiger partial charge in [0.25, 0.3) is 0 Å². The number of hydrogen-bond donors (Lipinski definition) is 0. The van der Waals surface area contributed by atoms with Crippen LogP contribution in [-0.4, -0.2) is 0 Å². The van der Waals surface area contributed by atoms with Gasteiger partial charge in [0.15, 0.2) is 0 Å². The van der Waals surface area contributed by atoms with Crippen molar-refractivity contribution in [3.63, 3.8) is 0 Å². The summed E-state index contributed by atoms with van der Waals surface area (Å²) in [6.45, 7) is 9.42. The average Bonchev–Trinajstić information content (AvgIpc) is 3.82. The smallest absolute Gasteiger partial charge is 0.143 e. The molecule has 0 unspecified atom stereocenters. The summed E-state index contributed by atoms with van der Waals surface area (Å²) >= 11 is 0. The van der Waals surface area contributed by atoms with Gasteiger partial charge in [-0.1, -0.05) is 155 Å². The van der Waals surface area contributed by atoms with Crippen molar-refractivity contribution in [1.29, 1.82) is 0 Å². The summed E-state index contributed by atoms with van der Waals surface area (Å²) in [6, 6.07) is 55.8. The fraction of sp³-hybridized carbons (Fsp3) is 0.148. The molecule has 2 nitrogen and oxygen atoms in total. The molecule has 3 aliphatic carbocycles. The zero-order chi connectivity index (χ0) is 37.8. The summed E-state index contributed by atoms with van der Waals surface area (Å²) in [6.07, 6.45) is 6.93. The van der Waals surface area contributed by atoms with E-state index in [1.165, 1.54) is 61.0 Å². The quantitative estimate of drug-likeness (QED) is 0.176. The van der Waals surface area contributed by atoms with E-state index < -0.39 is 0 Å². The van der Waals surface area contributed by atoms with Gasteiger partial charge in [0, 0.05) is 49.8 Å². The van der Waals surface area contributed by atoms with Crippen molar-refractivity contribution < 1.29 is 4.42 Å². The molecule has 0 spiro atoms. The van der Waals surface area contributed by atoms with Crippen LogP contribution in [0.5, 0.6) is 0 Å². The first kappa shape index (κ1) is 33.0. The van der Waals surface area contributed by atoms with Crippen LogP contribution >= 0.6 is 0 Å². The third-order valence-corrected chi connectivity index (χ3v) is 13.0. The van der Waals surface area contributed by atoms with Crippen LogP contribution in [0.3, 0.4) is 0 Å². The van der Waals surface area contributed by atoms with E-state index in [4.69, 9.17) is 4.42 Å². The highest BCUT2D eigenvalue weighted by Gasteiger charge is 2.39. The molecular weight excluding hydrogens is 679 g/mol. The molecule has 0 saturated carbocycles. The maximum Gasteiger partial charge on any atom is 0.143 e. The maximum atomic E-state index is 6.98. The first-order valence-electron chi connectivity index (χ1n) is 20.0. The molecule has 8 aromatic rings. The van der Waals surface area contributed by atoms with Gasteiger partial charge < -0.3 is 9.32 Å². The van der Waals surface area contributed by atoms with Crippen LogP contribution in [0.4, 0.5) is 17.1 Å². The Labute approximate surface area is 329 Å². The first-order chi connectivity index (χ1) is 27.3. The maximum absolute atomic E-state index is 6.98. The zero-order valence-electron chi connectivity index (χ0n) is 32.4. The molecule has 1 heterocycles. The lowest BCUT2D eigenvalue weighted by Crippen LogP contribution is -2.18. The highest BCUT2D eigenvalue weighted by Crippen LogP contribution is 2.54. The van der Waals surface area contributed by atoms with E-state index >= 15 is 0 Å². The van der Waals surface area contributed by atoms with Crippen LogP contribution in [-0.2, 0) is 10.8 Å². The minimum atomic E-state index is -0.0764. The number of para-hydroxylation sites is 1. The average molecular weight is 722 g/mol. The summed E-state index contributed by atoms with van der Waals surface area (Å²) in [5.41, 5.74) is 20.9. The van der Waals surface area contributed by atoms with E-state index in [1.54, 1.807) is 0 Å². The molecule has 0 saturated heterocycles. The number of allylic oxidation sites excluding steroid dienone is 4. The van der Waals surface area contributed by atoms with Crippen LogP contribution in [0.15, 0.2) is 174 Å². The Morgan fingerprint density at radius 1 is 0.482 bits per heavy atom. The van der Waals surface area contributed by atoms with Gasteiger partial charge in [-0.3, -0.25) is 0 Å². The molecule has 0 fully saturated rings. The van der Waals surface area contributed by atoms with Crippen molar-refractivity contribution in [3.8, 4) is 33.4 Å². The lowest BCUT2D eigenvalue weighted by atomic mass is 9.80. The van der Waals surface area contributed by atoms with Gasteiger partial charge in [0.2, 0.25) is 0 Å². The molecule has 0 radical (unpaired) electrons. The second kappa shape index (κ2) is 12.1. The van der Waals surface area contributed by atoms with Gasteiger partial charge in [-0.25, -0.2) is 0 Å². The Hall–Kier alpha value is -6.38. The van der Waals surface area contributed by atoms with Gasteiger partial charge in [0.1, 0.15) is 11.2 Å². The number of benzene rings is 7. The van der Waals surface area contributed by atoms with Crippen LogP contribution < -0.4 is 4.90 Å². The third kappa shape index (κ3) is 4.75. The van der Waals surface area contributed by atoms with Crippen molar-refractivity contribution in [2.45, 2.75) is 51.4 Å². The molecule has 56 heavy (non-hydrogen) atoms. The highest BCUT2D eigenvalue weighted by molar-refractivity contribution is 6.14. The summed E-state index contributed by atoms with van der Waals surface area (Å²) < 4.78 is 6.98. The SMILES string of the molecule is CC1(C)C2=C(CCC=C2)c2ccc(N(c3ccc(-c4ccccc4)cc3)c3ccc(-c4cccc5c4oc4c6c(ccc45)C(C)(C)c4ccccc4-6)cc3)cc21. The summed E-state index contributed by atoms with van der Waals surface area (Å²) in [7, 11) is 0. The fourth-order valence-electron chi connectivity index (χ4n) is 10.1. The predicted octanol–water partition coefficient (Wildman–Crippen LogP) is 15.1. The molecular formula is C54H43NO. The van der Waals surface area contributed by atoms with E-state index in [1.807, 2.05) is 0 Å². The molecule has 0 bridgehead atoms. The minimum absolute atomic E-state index is 0.0481. The van der Waals surface area contributed by atoms with Crippen molar-refractivity contribution in [2.75, 3.05) is 4.90 Å². The van der Waals surface area contributed by atoms with E-state index in [2.05, 4.69) is 196 Å². The standard InChI is InChI=1S/C54H43NO/c1-53(2)47-20-11-9-16-45(47)50-48(53)32-31-44-43-18-12-17-40(51(43)56-52(44)50)36-23-27-38(28-24-36)55(37-25-21-35(22-26-37)34-13-6-5-7-14-34)39-29-30-42-41-15-8-10-19-46(41)54(3,4)49(42)33-39/h5-7,9-14,16-33H,8,15H2,1-4H3. The van der Waals surface area contributed by atoms with E-state index in [-0.39, 0.29) is 10.8 Å². The molecule has 0 amide bonds. The van der Waals surface area contributed by atoms with Crippen molar-refractivity contribution >= 4 is 44.6 Å². The zero-order valence-corrected chi connectivity index (χ0v) is 32.4. The molecule has 7 aromatic carbocycles. The number of anilines is 3. The Balaban J connectivity index is 1.02. The van der Waals surface area contributed by atoms with Crippen LogP contribution in [0, 0.1) is 0 Å². The fourth-order valence-corrected chi connectivity index (χ4v) is 10.1. The first-order valence-corrected chi connectivity index (χ1v) is 20.0. The Kier molecular flexibility index (Phi) is 7.11. The van der Waals surface area contributed by atoms with E-state index in [0.29, 0.717) is 0 Å². The molecule has 1 aromatic heterocycles. The number of nitrogens with zero attached hydrogens (tertiary/aromatic N) is 1. The summed E-state index contributed by atoms with van der Waals surface area (Å²) in [4.78, 5) is 2.41. The van der Waals surface area contributed by atoms with Crippen molar-refractivity contribution in [3.05, 3.63) is 192 Å². The number of hydrogen-bond acceptors (Lipinski definition) is 2. The van der Waals surface area contributed by atoms with Gasteiger partial charge in [-0.05, 0) is 105 Å². The van der Waals surface area contributed by atoms with Gasteiger partial charge in [0.05, 0.1) is 0 Å². The molecule has 0 aliphatic heterocycles. The third-order valence-electron chi connectivity index (χ3n) is 13.0. The number of fused-ring (bicyclic) bond motifs is 9. The summed E-state index contributed by atoms with van der Waals surface area (Å²) in [5, 5.41) is 2.32. The van der Waals surface area contributed by atoms with Crippen LogP contribution in [0.2, 0.25) is 0 Å². The lowest BCUT2D eigenvalue weighted by Gasteiger charge is -2.29. The molecule has 270 valence electrons. The molecule has 2 heteroatoms. The van der Waals surface area contributed by atoms with Crippen molar-refractivity contribution in [1.82, 2.24) is 0 Å². The number of rotatable bonds is 5. The monoisotopic (exact) mass is 721 g/mol. The molecule has 0 N–H and O–H groups in total. The normalized spacial score (nSPS) is 15.9. The van der Waals surface area contributed by atoms with E-state index in [9.17, 15) is 0 Å². The van der Waals surface area contributed by atoms with Crippen LogP contribution in [0.25, 0.3) is 60.9 Å². The second-order valence-electron chi connectivity index (χ2n) is 16.8. The molecule has 0 atom stereocenters. The predicted molar refractivity (Wildman–Crippen MR) is 235 cm³/mol. The highest BCUT2D eigenvalue weighted by atomic mass is 16.3. The Bertz CT molecular complexity index is 2940. The van der Waals surface area contributed by atoms with Gasteiger partial charge in [-0.2, -0.15) is 0 Å². The Morgan fingerprint density at radius 3 is 1.93 bits per heavy atom. The van der Waals surface area contributed by atoms with Gasteiger partial charge >= 0.3 is 0 Å². The molecule has 11 rings (SSSR count). The minimum Gasteiger partial charge on any atom is -0.455 e. The van der Waals surface area contributed by atoms with E-state index in [0.717, 1.165) is 57.6 Å². The largest absolute Gasteiger partial charge is 0.455 e. The molecule has 3 aliphatic rings. The van der Waals surface area contributed by atoms with Crippen molar-refractivity contribution in [2.24, 2.45) is 0 Å².